The van der Waals surface area contributed by atoms with Crippen molar-refractivity contribution in [3.05, 3.63) is 58.7 Å². The second kappa shape index (κ2) is 9.18. The average molecular weight is 431 g/mol. The third kappa shape index (κ3) is 5.40. The van der Waals surface area contributed by atoms with Gasteiger partial charge in [0.2, 0.25) is 15.9 Å². The summed E-state index contributed by atoms with van der Waals surface area (Å²) >= 11 is 0. The minimum absolute atomic E-state index is 0.0339. The van der Waals surface area contributed by atoms with Gasteiger partial charge < -0.3 is 9.64 Å². The molecule has 0 saturated heterocycles. The van der Waals surface area contributed by atoms with Crippen LogP contribution in [0.15, 0.2) is 41.3 Å². The van der Waals surface area contributed by atoms with Crippen molar-refractivity contribution in [1.29, 1.82) is 0 Å². The highest BCUT2D eigenvalue weighted by Crippen LogP contribution is 2.29. The van der Waals surface area contributed by atoms with E-state index in [1.807, 2.05) is 48.2 Å². The van der Waals surface area contributed by atoms with E-state index in [4.69, 9.17) is 4.74 Å². The Labute approximate surface area is 179 Å². The SMILES string of the molecule is COc1ccc(CN(C(=O)CCNS(=O)(=O)c2c(C)cc(C)cc2C)C2CC2)cc1. The predicted molar refractivity (Wildman–Crippen MR) is 117 cm³/mol. The second-order valence-electron chi connectivity index (χ2n) is 7.98. The number of aryl methyl sites for hydroxylation is 3. The van der Waals surface area contributed by atoms with E-state index in [-0.39, 0.29) is 24.9 Å². The highest BCUT2D eigenvalue weighted by Gasteiger charge is 2.32. The molecule has 1 aliphatic rings. The van der Waals surface area contributed by atoms with E-state index in [9.17, 15) is 13.2 Å². The standard InChI is InChI=1S/C23H30N2O4S/c1-16-13-17(2)23(18(3)14-16)30(27,28)24-12-11-22(26)25(20-7-8-20)15-19-5-9-21(29-4)10-6-19/h5-6,9-10,13-14,20,24H,7-8,11-12,15H2,1-4H3. The van der Waals surface area contributed by atoms with Crippen molar-refractivity contribution in [3.8, 4) is 5.75 Å². The van der Waals surface area contributed by atoms with Crippen LogP contribution < -0.4 is 9.46 Å². The fraction of sp³-hybridized carbons (Fsp3) is 0.435. The van der Waals surface area contributed by atoms with Gasteiger partial charge in [0.1, 0.15) is 5.75 Å². The number of hydrogen-bond acceptors (Lipinski definition) is 4. The van der Waals surface area contributed by atoms with Gasteiger partial charge in [0.05, 0.1) is 12.0 Å². The zero-order chi connectivity index (χ0) is 21.9. The first-order chi connectivity index (χ1) is 14.2. The van der Waals surface area contributed by atoms with E-state index >= 15 is 0 Å². The molecule has 3 rings (SSSR count). The smallest absolute Gasteiger partial charge is 0.241 e. The van der Waals surface area contributed by atoms with E-state index in [0.717, 1.165) is 29.7 Å². The molecular weight excluding hydrogens is 400 g/mol. The van der Waals surface area contributed by atoms with Crippen molar-refractivity contribution in [2.45, 2.75) is 57.5 Å². The molecule has 0 aromatic heterocycles. The Balaban J connectivity index is 1.62. The first-order valence-corrected chi connectivity index (χ1v) is 11.7. The molecular formula is C23H30N2O4S. The summed E-state index contributed by atoms with van der Waals surface area (Å²) in [6, 6.07) is 11.6. The Hall–Kier alpha value is -2.38. The fourth-order valence-corrected chi connectivity index (χ4v) is 5.31. The Bertz CT molecular complexity index is 989. The number of ether oxygens (including phenoxy) is 1. The van der Waals surface area contributed by atoms with Gasteiger partial charge >= 0.3 is 0 Å². The largest absolute Gasteiger partial charge is 0.497 e. The van der Waals surface area contributed by atoms with Gasteiger partial charge in [-0.2, -0.15) is 0 Å². The average Bonchev–Trinajstić information content (AvgIpc) is 3.50. The minimum Gasteiger partial charge on any atom is -0.497 e. The lowest BCUT2D eigenvalue weighted by molar-refractivity contribution is -0.132. The third-order valence-corrected chi connectivity index (χ3v) is 7.09. The summed E-state index contributed by atoms with van der Waals surface area (Å²) in [5, 5.41) is 0. The number of nitrogens with one attached hydrogen (secondary N) is 1. The summed E-state index contributed by atoms with van der Waals surface area (Å²) in [5.41, 5.74) is 3.48. The summed E-state index contributed by atoms with van der Waals surface area (Å²) < 4.78 is 33.4. The fourth-order valence-electron chi connectivity index (χ4n) is 3.83. The number of hydrogen-bond donors (Lipinski definition) is 1. The van der Waals surface area contributed by atoms with Crippen molar-refractivity contribution in [3.63, 3.8) is 0 Å². The minimum atomic E-state index is -3.67. The lowest BCUT2D eigenvalue weighted by Crippen LogP contribution is -2.36. The van der Waals surface area contributed by atoms with E-state index < -0.39 is 10.0 Å². The molecule has 0 atom stereocenters. The molecule has 0 bridgehead atoms. The molecule has 1 N–H and O–H groups in total. The van der Waals surface area contributed by atoms with Crippen molar-refractivity contribution < 1.29 is 17.9 Å². The molecule has 7 heteroatoms. The van der Waals surface area contributed by atoms with Crippen LogP contribution in [0.5, 0.6) is 5.75 Å². The number of amides is 1. The van der Waals surface area contributed by atoms with Crippen molar-refractivity contribution in [2.24, 2.45) is 0 Å². The Morgan fingerprint density at radius 1 is 1.10 bits per heavy atom. The number of nitrogens with zero attached hydrogens (tertiary/aromatic N) is 1. The molecule has 1 amide bonds. The molecule has 0 spiro atoms. The van der Waals surface area contributed by atoms with Crippen LogP contribution in [0.1, 0.15) is 41.5 Å². The molecule has 30 heavy (non-hydrogen) atoms. The van der Waals surface area contributed by atoms with Crippen molar-refractivity contribution >= 4 is 15.9 Å². The summed E-state index contributed by atoms with van der Waals surface area (Å²) in [6.45, 7) is 6.14. The van der Waals surface area contributed by atoms with Crippen LogP contribution in [0.4, 0.5) is 0 Å². The van der Waals surface area contributed by atoms with Crippen LogP contribution in [0.25, 0.3) is 0 Å². The third-order valence-electron chi connectivity index (χ3n) is 5.32. The molecule has 0 radical (unpaired) electrons. The molecule has 1 aliphatic carbocycles. The van der Waals surface area contributed by atoms with E-state index in [0.29, 0.717) is 22.6 Å². The van der Waals surface area contributed by atoms with Crippen LogP contribution in [-0.2, 0) is 21.4 Å². The summed E-state index contributed by atoms with van der Waals surface area (Å²) in [6.07, 6.45) is 2.13. The number of benzene rings is 2. The molecule has 1 fully saturated rings. The Kier molecular flexibility index (Phi) is 6.83. The first-order valence-electron chi connectivity index (χ1n) is 10.2. The summed E-state index contributed by atoms with van der Waals surface area (Å²) in [4.78, 5) is 15.0. The van der Waals surface area contributed by atoms with Gasteiger partial charge in [-0.05, 0) is 62.4 Å². The number of rotatable bonds is 9. The van der Waals surface area contributed by atoms with Gasteiger partial charge in [0.25, 0.3) is 0 Å². The lowest BCUT2D eigenvalue weighted by atomic mass is 10.1. The second-order valence-corrected chi connectivity index (χ2v) is 9.68. The predicted octanol–water partition coefficient (Wildman–Crippen LogP) is 3.48. The van der Waals surface area contributed by atoms with Gasteiger partial charge in [-0.15, -0.1) is 0 Å². The monoisotopic (exact) mass is 430 g/mol. The Morgan fingerprint density at radius 3 is 2.23 bits per heavy atom. The highest BCUT2D eigenvalue weighted by molar-refractivity contribution is 7.89. The molecule has 0 unspecified atom stereocenters. The van der Waals surface area contributed by atoms with Crippen LogP contribution in [0, 0.1) is 20.8 Å². The number of sulfonamides is 1. The first kappa shape index (κ1) is 22.3. The van der Waals surface area contributed by atoms with Crippen LogP contribution in [-0.4, -0.2) is 38.9 Å². The van der Waals surface area contributed by atoms with E-state index in [2.05, 4.69) is 4.72 Å². The molecule has 0 heterocycles. The van der Waals surface area contributed by atoms with Crippen molar-refractivity contribution in [2.75, 3.05) is 13.7 Å². The van der Waals surface area contributed by atoms with Crippen LogP contribution >= 0.6 is 0 Å². The topological polar surface area (TPSA) is 75.7 Å². The zero-order valence-corrected chi connectivity index (χ0v) is 18.9. The number of carbonyl (C=O) groups excluding carboxylic acids is 1. The molecule has 0 aliphatic heterocycles. The maximum absolute atomic E-state index is 12.8. The van der Waals surface area contributed by atoms with Gasteiger partial charge in [-0.1, -0.05) is 29.8 Å². The van der Waals surface area contributed by atoms with Gasteiger partial charge in [0.15, 0.2) is 0 Å². The van der Waals surface area contributed by atoms with Crippen LogP contribution in [0.3, 0.4) is 0 Å². The summed E-state index contributed by atoms with van der Waals surface area (Å²) in [5.74, 6) is 0.743. The normalized spacial score (nSPS) is 13.9. The number of methoxy groups -OCH3 is 1. The van der Waals surface area contributed by atoms with E-state index in [1.165, 1.54) is 0 Å². The van der Waals surface area contributed by atoms with Crippen molar-refractivity contribution in [1.82, 2.24) is 9.62 Å². The van der Waals surface area contributed by atoms with Gasteiger partial charge in [-0.25, -0.2) is 13.1 Å². The molecule has 162 valence electrons. The van der Waals surface area contributed by atoms with Gasteiger partial charge in [0, 0.05) is 25.6 Å². The number of carbonyl (C=O) groups is 1. The summed E-state index contributed by atoms with van der Waals surface area (Å²) in [7, 11) is -2.04. The zero-order valence-electron chi connectivity index (χ0n) is 18.1. The quantitative estimate of drug-likeness (QED) is 0.661. The Morgan fingerprint density at radius 2 is 1.70 bits per heavy atom. The van der Waals surface area contributed by atoms with Crippen LogP contribution in [0.2, 0.25) is 0 Å². The lowest BCUT2D eigenvalue weighted by Gasteiger charge is -2.23. The molecule has 2 aromatic rings. The van der Waals surface area contributed by atoms with E-state index in [1.54, 1.807) is 21.0 Å². The molecule has 2 aromatic carbocycles. The molecule has 1 saturated carbocycles. The maximum atomic E-state index is 12.8. The maximum Gasteiger partial charge on any atom is 0.241 e. The molecule has 6 nitrogen and oxygen atoms in total. The highest BCUT2D eigenvalue weighted by atomic mass is 32.2. The van der Waals surface area contributed by atoms with Gasteiger partial charge in [-0.3, -0.25) is 4.79 Å².